The first-order chi connectivity index (χ1) is 10.7. The average molecular weight is 336 g/mol. The molecule has 7 nitrogen and oxygen atoms in total. The monoisotopic (exact) mass is 336 g/mol. The minimum atomic E-state index is -3.13. The van der Waals surface area contributed by atoms with Gasteiger partial charge in [0.15, 0.2) is 16.4 Å². The quantitative estimate of drug-likeness (QED) is 0.797. The first-order valence-electron chi connectivity index (χ1n) is 6.92. The third kappa shape index (κ3) is 4.53. The predicted octanol–water partition coefficient (Wildman–Crippen LogP) is 0.408. The number of amides is 1. The number of nitrogens with zero attached hydrogens (tertiary/aromatic N) is 1. The van der Waals surface area contributed by atoms with Gasteiger partial charge in [-0.1, -0.05) is 0 Å². The topological polar surface area (TPSA) is 113 Å². The van der Waals surface area contributed by atoms with E-state index in [1.54, 1.807) is 6.92 Å². The van der Waals surface area contributed by atoms with E-state index in [1.165, 1.54) is 24.3 Å². The number of carbonyl (C=O) groups is 2. The average Bonchev–Trinajstić information content (AvgIpc) is 2.78. The molecule has 1 aliphatic heterocycles. The van der Waals surface area contributed by atoms with Crippen LogP contribution in [0.15, 0.2) is 24.3 Å². The fourth-order valence-corrected chi connectivity index (χ4v) is 4.47. The van der Waals surface area contributed by atoms with Gasteiger partial charge in [0.2, 0.25) is 0 Å². The second-order valence-corrected chi connectivity index (χ2v) is 7.90. The summed E-state index contributed by atoms with van der Waals surface area (Å²) >= 11 is 0. The number of nitrogens with one attached hydrogen (secondary N) is 1. The number of hydrogen-bond acceptors (Lipinski definition) is 6. The lowest BCUT2D eigenvalue weighted by atomic mass is 10.0. The van der Waals surface area contributed by atoms with Crippen LogP contribution in [-0.4, -0.2) is 43.9 Å². The van der Waals surface area contributed by atoms with E-state index in [1.807, 2.05) is 6.07 Å². The standard InChI is InChI=1S/C15H16N2O5S/c1-15(6-7-23(20,21)10-15)17-13(18)9-22-14(19)12-4-2-11(8-16)3-5-12/h2-5H,6-7,9-10H2,1H3,(H,17,18)/t15-/m0/s1. The summed E-state index contributed by atoms with van der Waals surface area (Å²) in [6, 6.07) is 7.74. The molecule has 1 saturated heterocycles. The van der Waals surface area contributed by atoms with Crippen LogP contribution in [0.25, 0.3) is 0 Å². The Morgan fingerprint density at radius 3 is 2.52 bits per heavy atom. The SMILES string of the molecule is C[C@]1(NC(=O)COC(=O)c2ccc(C#N)cc2)CCS(=O)(=O)C1. The lowest BCUT2D eigenvalue weighted by molar-refractivity contribution is -0.125. The van der Waals surface area contributed by atoms with E-state index in [-0.39, 0.29) is 17.1 Å². The molecule has 1 aromatic rings. The molecule has 122 valence electrons. The number of ether oxygens (including phenoxy) is 1. The second-order valence-electron chi connectivity index (χ2n) is 5.72. The van der Waals surface area contributed by atoms with Gasteiger partial charge in [-0.15, -0.1) is 0 Å². The van der Waals surface area contributed by atoms with Crippen LogP contribution in [-0.2, 0) is 19.4 Å². The highest BCUT2D eigenvalue weighted by Gasteiger charge is 2.39. The van der Waals surface area contributed by atoms with Crippen LogP contribution >= 0.6 is 0 Å². The van der Waals surface area contributed by atoms with Gasteiger partial charge >= 0.3 is 5.97 Å². The maximum absolute atomic E-state index is 11.8. The van der Waals surface area contributed by atoms with Gasteiger partial charge in [-0.3, -0.25) is 4.79 Å². The normalized spacial score (nSPS) is 22.1. The van der Waals surface area contributed by atoms with Gasteiger partial charge in [-0.05, 0) is 37.6 Å². The minimum Gasteiger partial charge on any atom is -0.452 e. The van der Waals surface area contributed by atoms with Gasteiger partial charge in [-0.2, -0.15) is 5.26 Å². The van der Waals surface area contributed by atoms with Crippen molar-refractivity contribution in [3.63, 3.8) is 0 Å². The summed E-state index contributed by atoms with van der Waals surface area (Å²) in [5.74, 6) is -1.31. The zero-order valence-corrected chi connectivity index (χ0v) is 13.4. The molecule has 0 aromatic heterocycles. The van der Waals surface area contributed by atoms with Gasteiger partial charge in [0.1, 0.15) is 0 Å². The van der Waals surface area contributed by atoms with Gasteiger partial charge in [0.05, 0.1) is 34.2 Å². The fourth-order valence-electron chi connectivity index (χ4n) is 2.38. The Morgan fingerprint density at radius 1 is 1.35 bits per heavy atom. The molecular formula is C15H16N2O5S. The van der Waals surface area contributed by atoms with Crippen LogP contribution in [0.2, 0.25) is 0 Å². The van der Waals surface area contributed by atoms with E-state index in [2.05, 4.69) is 5.32 Å². The summed E-state index contributed by atoms with van der Waals surface area (Å²) in [5, 5.41) is 11.3. The van der Waals surface area contributed by atoms with E-state index in [9.17, 15) is 18.0 Å². The summed E-state index contributed by atoms with van der Waals surface area (Å²) < 4.78 is 27.8. The van der Waals surface area contributed by atoms with E-state index >= 15 is 0 Å². The highest BCUT2D eigenvalue weighted by atomic mass is 32.2. The highest BCUT2D eigenvalue weighted by Crippen LogP contribution is 2.22. The van der Waals surface area contributed by atoms with E-state index in [0.29, 0.717) is 12.0 Å². The van der Waals surface area contributed by atoms with E-state index in [0.717, 1.165) is 0 Å². The second kappa shape index (κ2) is 6.38. The zero-order valence-electron chi connectivity index (χ0n) is 12.5. The molecule has 23 heavy (non-hydrogen) atoms. The van der Waals surface area contributed by atoms with Crippen molar-refractivity contribution in [1.29, 1.82) is 5.26 Å². The summed E-state index contributed by atoms with van der Waals surface area (Å²) in [5.41, 5.74) is -0.183. The molecule has 0 aliphatic carbocycles. The fraction of sp³-hybridized carbons (Fsp3) is 0.400. The minimum absolute atomic E-state index is 0.0365. The molecule has 0 spiro atoms. The number of esters is 1. The first-order valence-corrected chi connectivity index (χ1v) is 8.74. The molecule has 1 aromatic carbocycles. The maximum Gasteiger partial charge on any atom is 0.338 e. The van der Waals surface area contributed by atoms with Crippen molar-refractivity contribution in [2.75, 3.05) is 18.1 Å². The van der Waals surface area contributed by atoms with Crippen molar-refractivity contribution in [2.24, 2.45) is 0 Å². The van der Waals surface area contributed by atoms with Crippen LogP contribution in [0.4, 0.5) is 0 Å². The number of nitriles is 1. The number of sulfone groups is 1. The molecule has 2 rings (SSSR count). The van der Waals surface area contributed by atoms with Gasteiger partial charge in [0, 0.05) is 0 Å². The highest BCUT2D eigenvalue weighted by molar-refractivity contribution is 7.91. The molecule has 0 bridgehead atoms. The Morgan fingerprint density at radius 2 is 2.00 bits per heavy atom. The Kier molecular flexibility index (Phi) is 4.71. The lowest BCUT2D eigenvalue weighted by Crippen LogP contribution is -2.48. The molecule has 1 fully saturated rings. The molecule has 0 radical (unpaired) electrons. The van der Waals surface area contributed by atoms with E-state index < -0.39 is 33.9 Å². The molecule has 0 unspecified atom stereocenters. The smallest absolute Gasteiger partial charge is 0.338 e. The van der Waals surface area contributed by atoms with Crippen molar-refractivity contribution < 1.29 is 22.7 Å². The summed E-state index contributed by atoms with van der Waals surface area (Å²) in [6.07, 6.45) is 0.338. The van der Waals surface area contributed by atoms with Crippen LogP contribution in [0.3, 0.4) is 0 Å². The lowest BCUT2D eigenvalue weighted by Gasteiger charge is -2.23. The van der Waals surface area contributed by atoms with Crippen molar-refractivity contribution in [2.45, 2.75) is 18.9 Å². The Bertz CT molecular complexity index is 764. The number of hydrogen-bond donors (Lipinski definition) is 1. The van der Waals surface area contributed by atoms with Crippen molar-refractivity contribution in [3.8, 4) is 6.07 Å². The molecule has 0 saturated carbocycles. The van der Waals surface area contributed by atoms with Crippen molar-refractivity contribution in [1.82, 2.24) is 5.32 Å². The third-order valence-corrected chi connectivity index (χ3v) is 5.43. The Hall–Kier alpha value is -2.40. The van der Waals surface area contributed by atoms with Crippen molar-refractivity contribution in [3.05, 3.63) is 35.4 Å². The van der Waals surface area contributed by atoms with Crippen LogP contribution in [0.1, 0.15) is 29.3 Å². The number of carbonyl (C=O) groups excluding carboxylic acids is 2. The molecule has 1 aliphatic rings. The number of benzene rings is 1. The maximum atomic E-state index is 11.8. The Balaban J connectivity index is 1.86. The van der Waals surface area contributed by atoms with Gasteiger partial charge in [0.25, 0.3) is 5.91 Å². The van der Waals surface area contributed by atoms with Crippen molar-refractivity contribution >= 4 is 21.7 Å². The predicted molar refractivity (Wildman–Crippen MR) is 81.3 cm³/mol. The molecular weight excluding hydrogens is 320 g/mol. The molecule has 1 heterocycles. The molecule has 8 heteroatoms. The van der Waals surface area contributed by atoms with Crippen LogP contribution in [0.5, 0.6) is 0 Å². The van der Waals surface area contributed by atoms with Crippen LogP contribution < -0.4 is 5.32 Å². The zero-order chi connectivity index (χ0) is 17.1. The van der Waals surface area contributed by atoms with Gasteiger partial charge in [-0.25, -0.2) is 13.2 Å². The largest absolute Gasteiger partial charge is 0.452 e. The van der Waals surface area contributed by atoms with E-state index in [4.69, 9.17) is 10.00 Å². The summed E-state index contributed by atoms with van der Waals surface area (Å²) in [4.78, 5) is 23.6. The molecule has 1 amide bonds. The van der Waals surface area contributed by atoms with Crippen LogP contribution in [0, 0.1) is 11.3 Å². The third-order valence-electron chi connectivity index (χ3n) is 3.53. The summed E-state index contributed by atoms with van der Waals surface area (Å²) in [7, 11) is -3.13. The first kappa shape index (κ1) is 17.0. The summed E-state index contributed by atoms with van der Waals surface area (Å²) in [6.45, 7) is 1.16. The molecule has 1 N–H and O–H groups in total. The molecule has 1 atom stereocenters. The number of rotatable bonds is 4. The van der Waals surface area contributed by atoms with Gasteiger partial charge < -0.3 is 10.1 Å². The Labute approximate surface area is 134 Å².